The van der Waals surface area contributed by atoms with Gasteiger partial charge in [0.15, 0.2) is 0 Å². The molecule has 1 heteroatoms. The lowest BCUT2D eigenvalue weighted by Crippen LogP contribution is -2.36. The van der Waals surface area contributed by atoms with Crippen molar-refractivity contribution in [3.05, 3.63) is 35.4 Å². The maximum atomic E-state index is 6.64. The smallest absolute Gasteiger partial charge is 0.0328 e. The third-order valence-electron chi connectivity index (χ3n) is 5.98. The second-order valence-corrected chi connectivity index (χ2v) is 8.23. The van der Waals surface area contributed by atoms with E-state index in [1.807, 2.05) is 0 Å². The Bertz CT molecular complexity index is 455. The predicted molar refractivity (Wildman–Crippen MR) is 92.4 cm³/mol. The van der Waals surface area contributed by atoms with E-state index in [1.165, 1.54) is 36.8 Å². The van der Waals surface area contributed by atoms with Crippen LogP contribution in [0.4, 0.5) is 0 Å². The van der Waals surface area contributed by atoms with Gasteiger partial charge in [0.1, 0.15) is 0 Å². The minimum absolute atomic E-state index is 0.180. The van der Waals surface area contributed by atoms with Crippen molar-refractivity contribution in [3.8, 4) is 0 Å². The Morgan fingerprint density at radius 2 is 1.81 bits per heavy atom. The second kappa shape index (κ2) is 6.12. The largest absolute Gasteiger partial charge is 0.324 e. The van der Waals surface area contributed by atoms with Crippen LogP contribution < -0.4 is 5.73 Å². The van der Waals surface area contributed by atoms with Gasteiger partial charge in [-0.05, 0) is 47.1 Å². The molecule has 2 atom stereocenters. The normalized spacial score (nSPS) is 23.8. The third-order valence-corrected chi connectivity index (χ3v) is 5.98. The molecule has 118 valence electrons. The Balaban J connectivity index is 2.18. The molecule has 2 rings (SSSR count). The highest BCUT2D eigenvalue weighted by Crippen LogP contribution is 2.46. The molecule has 1 nitrogen and oxygen atoms in total. The quantitative estimate of drug-likeness (QED) is 0.767. The first-order chi connectivity index (χ1) is 9.78. The van der Waals surface area contributed by atoms with Crippen molar-refractivity contribution in [1.82, 2.24) is 0 Å². The van der Waals surface area contributed by atoms with E-state index in [1.54, 1.807) is 0 Å². The van der Waals surface area contributed by atoms with Crippen molar-refractivity contribution in [1.29, 1.82) is 0 Å². The van der Waals surface area contributed by atoms with Gasteiger partial charge in [0.25, 0.3) is 0 Å². The maximum Gasteiger partial charge on any atom is 0.0328 e. The molecule has 0 aromatic heterocycles. The Labute approximate surface area is 131 Å². The lowest BCUT2D eigenvalue weighted by atomic mass is 9.65. The van der Waals surface area contributed by atoms with Gasteiger partial charge in [0.2, 0.25) is 0 Å². The first kappa shape index (κ1) is 16.5. The predicted octanol–water partition coefficient (Wildman–Crippen LogP) is 5.59. The van der Waals surface area contributed by atoms with Crippen molar-refractivity contribution in [2.75, 3.05) is 0 Å². The molecule has 0 amide bonds. The summed E-state index contributed by atoms with van der Waals surface area (Å²) in [6.07, 6.45) is 6.44. The Morgan fingerprint density at radius 3 is 2.33 bits per heavy atom. The van der Waals surface area contributed by atoms with Crippen LogP contribution in [0.5, 0.6) is 0 Å². The molecular weight excluding hydrogens is 254 g/mol. The monoisotopic (exact) mass is 287 g/mol. The molecule has 0 aliphatic heterocycles. The van der Waals surface area contributed by atoms with Crippen LogP contribution in [0, 0.1) is 11.3 Å². The van der Waals surface area contributed by atoms with Crippen molar-refractivity contribution < 1.29 is 0 Å². The molecule has 21 heavy (non-hydrogen) atoms. The minimum atomic E-state index is 0.180. The van der Waals surface area contributed by atoms with Gasteiger partial charge >= 0.3 is 0 Å². The van der Waals surface area contributed by atoms with E-state index < -0.39 is 0 Å². The lowest BCUT2D eigenvalue weighted by molar-refractivity contribution is 0.112. The van der Waals surface area contributed by atoms with Gasteiger partial charge in [0, 0.05) is 6.04 Å². The molecule has 2 N–H and O–H groups in total. The van der Waals surface area contributed by atoms with Crippen LogP contribution in [-0.4, -0.2) is 0 Å². The molecule has 1 saturated carbocycles. The standard InChI is InChI=1S/C20H33N/c1-6-19(2,3)16-12-10-15(11-13-16)18(21)17-9-7-8-14-20(17,4)5/h10-13,17-18H,6-9,14,21H2,1-5H3. The molecule has 2 unspecified atom stereocenters. The number of benzene rings is 1. The van der Waals surface area contributed by atoms with Crippen LogP contribution in [0.2, 0.25) is 0 Å². The molecule has 0 saturated heterocycles. The van der Waals surface area contributed by atoms with Crippen LogP contribution in [0.3, 0.4) is 0 Å². The summed E-state index contributed by atoms with van der Waals surface area (Å²) in [5.74, 6) is 0.608. The van der Waals surface area contributed by atoms with E-state index in [2.05, 4.69) is 58.9 Å². The molecule has 0 radical (unpaired) electrons. The summed E-state index contributed by atoms with van der Waals surface area (Å²) < 4.78 is 0. The fourth-order valence-electron chi connectivity index (χ4n) is 3.78. The van der Waals surface area contributed by atoms with Gasteiger partial charge in [-0.15, -0.1) is 0 Å². The molecule has 1 aromatic carbocycles. The van der Waals surface area contributed by atoms with Crippen LogP contribution in [-0.2, 0) is 5.41 Å². The highest BCUT2D eigenvalue weighted by molar-refractivity contribution is 5.30. The topological polar surface area (TPSA) is 26.0 Å². The summed E-state index contributed by atoms with van der Waals surface area (Å²) in [5.41, 5.74) is 10.00. The van der Waals surface area contributed by atoms with Crippen LogP contribution in [0.1, 0.15) is 83.9 Å². The average Bonchev–Trinajstić information content (AvgIpc) is 2.46. The van der Waals surface area contributed by atoms with E-state index in [-0.39, 0.29) is 11.5 Å². The van der Waals surface area contributed by atoms with E-state index in [4.69, 9.17) is 5.73 Å². The van der Waals surface area contributed by atoms with Crippen LogP contribution >= 0.6 is 0 Å². The molecule has 1 aromatic rings. The molecule has 1 aliphatic rings. The summed E-state index contributed by atoms with van der Waals surface area (Å²) in [7, 11) is 0. The summed E-state index contributed by atoms with van der Waals surface area (Å²) in [4.78, 5) is 0. The van der Waals surface area contributed by atoms with Crippen LogP contribution in [0.15, 0.2) is 24.3 Å². The van der Waals surface area contributed by atoms with E-state index in [9.17, 15) is 0 Å². The number of rotatable bonds is 4. The summed E-state index contributed by atoms with van der Waals surface area (Å²) in [6.45, 7) is 11.7. The molecule has 1 fully saturated rings. The van der Waals surface area contributed by atoms with Crippen molar-refractivity contribution in [3.63, 3.8) is 0 Å². The zero-order valence-electron chi connectivity index (χ0n) is 14.6. The minimum Gasteiger partial charge on any atom is -0.324 e. The summed E-state index contributed by atoms with van der Waals surface area (Å²) >= 11 is 0. The fraction of sp³-hybridized carbons (Fsp3) is 0.700. The molecular formula is C20H33N. The Kier molecular flexibility index (Phi) is 4.82. The average molecular weight is 287 g/mol. The number of hydrogen-bond donors (Lipinski definition) is 1. The van der Waals surface area contributed by atoms with Gasteiger partial charge in [-0.3, -0.25) is 0 Å². The van der Waals surface area contributed by atoms with Gasteiger partial charge in [-0.25, -0.2) is 0 Å². The first-order valence-electron chi connectivity index (χ1n) is 8.64. The summed E-state index contributed by atoms with van der Waals surface area (Å²) in [6, 6.07) is 9.28. The van der Waals surface area contributed by atoms with Gasteiger partial charge in [-0.2, -0.15) is 0 Å². The van der Waals surface area contributed by atoms with E-state index in [0.29, 0.717) is 11.3 Å². The zero-order valence-corrected chi connectivity index (χ0v) is 14.6. The highest BCUT2D eigenvalue weighted by Gasteiger charge is 2.36. The number of nitrogens with two attached hydrogens (primary N) is 1. The Hall–Kier alpha value is -0.820. The molecule has 0 heterocycles. The van der Waals surface area contributed by atoms with Gasteiger partial charge in [-0.1, -0.05) is 71.7 Å². The molecule has 0 spiro atoms. The third kappa shape index (κ3) is 3.51. The van der Waals surface area contributed by atoms with Crippen molar-refractivity contribution >= 4 is 0 Å². The summed E-state index contributed by atoms with van der Waals surface area (Å²) in [5, 5.41) is 0. The Morgan fingerprint density at radius 1 is 1.19 bits per heavy atom. The zero-order chi connectivity index (χ0) is 15.7. The second-order valence-electron chi connectivity index (χ2n) is 8.23. The van der Waals surface area contributed by atoms with Gasteiger partial charge in [0.05, 0.1) is 0 Å². The van der Waals surface area contributed by atoms with Crippen molar-refractivity contribution in [2.45, 2.75) is 78.2 Å². The fourth-order valence-corrected chi connectivity index (χ4v) is 3.78. The molecule has 0 bridgehead atoms. The van der Waals surface area contributed by atoms with Crippen molar-refractivity contribution in [2.24, 2.45) is 17.1 Å². The van der Waals surface area contributed by atoms with Gasteiger partial charge < -0.3 is 5.73 Å². The van der Waals surface area contributed by atoms with E-state index >= 15 is 0 Å². The van der Waals surface area contributed by atoms with E-state index in [0.717, 1.165) is 6.42 Å². The highest BCUT2D eigenvalue weighted by atomic mass is 14.7. The maximum absolute atomic E-state index is 6.64. The number of hydrogen-bond acceptors (Lipinski definition) is 1. The SMILES string of the molecule is CCC(C)(C)c1ccc(C(N)C2CCCCC2(C)C)cc1. The first-order valence-corrected chi connectivity index (χ1v) is 8.64. The van der Waals surface area contributed by atoms with Crippen LogP contribution in [0.25, 0.3) is 0 Å². The molecule has 1 aliphatic carbocycles. The lowest BCUT2D eigenvalue weighted by Gasteiger charge is -2.42.